The average Bonchev–Trinajstić information content (AvgIpc) is 3.03. The van der Waals surface area contributed by atoms with E-state index >= 15 is 0 Å². The molecule has 0 spiro atoms. The second kappa shape index (κ2) is 17.6. The van der Waals surface area contributed by atoms with Gasteiger partial charge in [0.1, 0.15) is 36.2 Å². The van der Waals surface area contributed by atoms with Crippen LogP contribution in [0.2, 0.25) is 0 Å². The maximum Gasteiger partial charge on any atom is 0.343 e. The summed E-state index contributed by atoms with van der Waals surface area (Å²) in [4.78, 5) is 47.8. The monoisotopic (exact) mass is 628 g/mol. The standard InChI is InChI=1S/C36H36O10/c1-24(2)34(38)43-20-6-19-41-30-14-10-28(11-15-30)36(40)45-31-16-17-32(26(5)23-31)46-33(37)18-9-27-7-12-29(13-8-27)42-21-22-44-35(39)25(3)4/h7-18,23H,1,3,6,19-22H2,2,4-5H3/b18-9+. The normalized spacial score (nSPS) is 10.5. The molecule has 10 nitrogen and oxygen atoms in total. The molecule has 0 aliphatic carbocycles. The zero-order valence-electron chi connectivity index (χ0n) is 26.0. The molecule has 0 heterocycles. The predicted molar refractivity (Wildman–Crippen MR) is 171 cm³/mol. The molecule has 46 heavy (non-hydrogen) atoms. The van der Waals surface area contributed by atoms with Crippen LogP contribution in [0.3, 0.4) is 0 Å². The molecule has 0 saturated carbocycles. The van der Waals surface area contributed by atoms with Gasteiger partial charge in [-0.3, -0.25) is 0 Å². The van der Waals surface area contributed by atoms with E-state index in [1.165, 1.54) is 12.1 Å². The summed E-state index contributed by atoms with van der Waals surface area (Å²) in [6.45, 7) is 12.8. The maximum atomic E-state index is 12.6. The van der Waals surface area contributed by atoms with Gasteiger partial charge in [-0.15, -0.1) is 0 Å². The molecule has 0 saturated heterocycles. The summed E-state index contributed by atoms with van der Waals surface area (Å²) in [7, 11) is 0. The third-order valence-corrected chi connectivity index (χ3v) is 6.02. The van der Waals surface area contributed by atoms with Crippen LogP contribution < -0.4 is 18.9 Å². The second-order valence-corrected chi connectivity index (χ2v) is 10.0. The highest BCUT2D eigenvalue weighted by Crippen LogP contribution is 2.25. The Balaban J connectivity index is 1.43. The van der Waals surface area contributed by atoms with Crippen molar-refractivity contribution in [3.8, 4) is 23.0 Å². The quantitative estimate of drug-likeness (QED) is 0.0782. The molecule has 0 fully saturated rings. The van der Waals surface area contributed by atoms with Crippen LogP contribution in [0.1, 0.15) is 41.8 Å². The maximum absolute atomic E-state index is 12.6. The van der Waals surface area contributed by atoms with E-state index in [1.807, 2.05) is 0 Å². The molecule has 0 unspecified atom stereocenters. The summed E-state index contributed by atoms with van der Waals surface area (Å²) < 4.78 is 32.0. The Labute approximate surface area is 267 Å². The van der Waals surface area contributed by atoms with E-state index in [0.717, 1.165) is 5.56 Å². The summed E-state index contributed by atoms with van der Waals surface area (Å²) in [5.41, 5.74) is 2.33. The molecule has 0 aliphatic rings. The van der Waals surface area contributed by atoms with E-state index in [9.17, 15) is 19.2 Å². The molecular formula is C36H36O10. The first-order valence-corrected chi connectivity index (χ1v) is 14.4. The number of esters is 4. The fourth-order valence-corrected chi connectivity index (χ4v) is 3.59. The van der Waals surface area contributed by atoms with Gasteiger partial charge in [-0.25, -0.2) is 19.2 Å². The van der Waals surface area contributed by atoms with Crippen molar-refractivity contribution in [2.24, 2.45) is 0 Å². The summed E-state index contributed by atoms with van der Waals surface area (Å²) >= 11 is 0. The second-order valence-electron chi connectivity index (χ2n) is 10.0. The highest BCUT2D eigenvalue weighted by atomic mass is 16.6. The Hall–Kier alpha value is -5.64. The smallest absolute Gasteiger partial charge is 0.343 e. The fraction of sp³-hybridized carbons (Fsp3) is 0.222. The Morgan fingerprint density at radius 3 is 1.85 bits per heavy atom. The lowest BCUT2D eigenvalue weighted by molar-refractivity contribution is -0.140. The molecule has 0 N–H and O–H groups in total. The number of carbonyl (C=O) groups is 4. The summed E-state index contributed by atoms with van der Waals surface area (Å²) in [5.74, 6) is -0.296. The third-order valence-electron chi connectivity index (χ3n) is 6.02. The van der Waals surface area contributed by atoms with Gasteiger partial charge in [0.15, 0.2) is 0 Å². The van der Waals surface area contributed by atoms with Crippen molar-refractivity contribution in [1.29, 1.82) is 0 Å². The van der Waals surface area contributed by atoms with E-state index in [2.05, 4.69) is 13.2 Å². The van der Waals surface area contributed by atoms with Crippen molar-refractivity contribution in [2.45, 2.75) is 27.2 Å². The predicted octanol–water partition coefficient (Wildman–Crippen LogP) is 6.22. The fourth-order valence-electron chi connectivity index (χ4n) is 3.59. The van der Waals surface area contributed by atoms with Gasteiger partial charge in [-0.1, -0.05) is 25.3 Å². The van der Waals surface area contributed by atoms with E-state index < -0.39 is 23.9 Å². The van der Waals surface area contributed by atoms with Crippen LogP contribution in [0, 0.1) is 6.92 Å². The van der Waals surface area contributed by atoms with Gasteiger partial charge in [0.05, 0.1) is 18.8 Å². The molecule has 0 aliphatic heterocycles. The highest BCUT2D eigenvalue weighted by molar-refractivity contribution is 5.91. The third kappa shape index (κ3) is 11.8. The summed E-state index contributed by atoms with van der Waals surface area (Å²) in [6.07, 6.45) is 3.41. The van der Waals surface area contributed by atoms with Gasteiger partial charge < -0.3 is 28.4 Å². The SMILES string of the molecule is C=C(C)C(=O)OCCCOc1ccc(C(=O)Oc2ccc(OC(=O)/C=C/c3ccc(OCCOC(=O)C(=C)C)cc3)c(C)c2)cc1. The van der Waals surface area contributed by atoms with Crippen molar-refractivity contribution in [3.63, 3.8) is 0 Å². The number of rotatable bonds is 16. The van der Waals surface area contributed by atoms with Gasteiger partial charge in [0.25, 0.3) is 0 Å². The zero-order chi connectivity index (χ0) is 33.5. The number of carbonyl (C=O) groups excluding carboxylic acids is 4. The lowest BCUT2D eigenvalue weighted by atomic mass is 10.2. The van der Waals surface area contributed by atoms with Crippen LogP contribution in [-0.2, 0) is 23.9 Å². The molecule has 0 radical (unpaired) electrons. The van der Waals surface area contributed by atoms with Gasteiger partial charge >= 0.3 is 23.9 Å². The summed E-state index contributed by atoms with van der Waals surface area (Å²) in [6, 6.07) is 18.1. The van der Waals surface area contributed by atoms with Gasteiger partial charge in [0, 0.05) is 23.6 Å². The van der Waals surface area contributed by atoms with Crippen molar-refractivity contribution < 1.29 is 47.6 Å². The minimum absolute atomic E-state index is 0.104. The lowest BCUT2D eigenvalue weighted by Crippen LogP contribution is -2.12. The molecule has 240 valence electrons. The van der Waals surface area contributed by atoms with Crippen LogP contribution >= 0.6 is 0 Å². The van der Waals surface area contributed by atoms with E-state index in [-0.39, 0.29) is 19.8 Å². The van der Waals surface area contributed by atoms with Crippen molar-refractivity contribution in [1.82, 2.24) is 0 Å². The van der Waals surface area contributed by atoms with Gasteiger partial charge in [-0.05, 0) is 92.6 Å². The van der Waals surface area contributed by atoms with Crippen LogP contribution in [0.5, 0.6) is 23.0 Å². The van der Waals surface area contributed by atoms with Crippen molar-refractivity contribution >= 4 is 30.0 Å². The molecule has 0 bridgehead atoms. The molecule has 3 rings (SSSR count). The molecule has 3 aromatic rings. The molecule has 10 heteroatoms. The van der Waals surface area contributed by atoms with Crippen molar-refractivity contribution in [3.05, 3.63) is 114 Å². The Kier molecular flexibility index (Phi) is 13.3. The number of aryl methyl sites for hydroxylation is 1. The molecule has 3 aromatic carbocycles. The largest absolute Gasteiger partial charge is 0.493 e. The van der Waals surface area contributed by atoms with Crippen LogP contribution in [0.4, 0.5) is 0 Å². The average molecular weight is 629 g/mol. The van der Waals surface area contributed by atoms with Crippen molar-refractivity contribution in [2.75, 3.05) is 26.4 Å². The number of hydrogen-bond donors (Lipinski definition) is 0. The first-order chi connectivity index (χ1) is 22.0. The summed E-state index contributed by atoms with van der Waals surface area (Å²) in [5, 5.41) is 0. The number of ether oxygens (including phenoxy) is 6. The zero-order valence-corrected chi connectivity index (χ0v) is 26.0. The van der Waals surface area contributed by atoms with Crippen LogP contribution in [-0.4, -0.2) is 50.3 Å². The number of hydrogen-bond acceptors (Lipinski definition) is 10. The first kappa shape index (κ1) is 34.8. The molecule has 0 aromatic heterocycles. The minimum atomic E-state index is -0.581. The number of benzene rings is 3. The lowest BCUT2D eigenvalue weighted by Gasteiger charge is -2.10. The van der Waals surface area contributed by atoms with E-state index in [4.69, 9.17) is 28.4 Å². The van der Waals surface area contributed by atoms with Crippen LogP contribution in [0.25, 0.3) is 6.08 Å². The molecule has 0 amide bonds. The van der Waals surface area contributed by atoms with E-state index in [0.29, 0.717) is 58.3 Å². The highest BCUT2D eigenvalue weighted by Gasteiger charge is 2.12. The topological polar surface area (TPSA) is 124 Å². The first-order valence-electron chi connectivity index (χ1n) is 14.4. The Morgan fingerprint density at radius 2 is 1.24 bits per heavy atom. The minimum Gasteiger partial charge on any atom is -0.493 e. The van der Waals surface area contributed by atoms with Crippen LogP contribution in [0.15, 0.2) is 97.1 Å². The van der Waals surface area contributed by atoms with E-state index in [1.54, 1.807) is 87.5 Å². The van der Waals surface area contributed by atoms with Gasteiger partial charge in [-0.2, -0.15) is 0 Å². The Bertz CT molecular complexity index is 1580. The van der Waals surface area contributed by atoms with Gasteiger partial charge in [0.2, 0.25) is 0 Å². The Morgan fingerprint density at radius 1 is 0.674 bits per heavy atom. The molecular weight excluding hydrogens is 592 g/mol. The molecule has 0 atom stereocenters.